The normalized spacial score (nSPS) is 19.6. The van der Waals surface area contributed by atoms with Gasteiger partial charge in [0.25, 0.3) is 0 Å². The summed E-state index contributed by atoms with van der Waals surface area (Å²) in [6.07, 6.45) is 1.16. The molecule has 1 saturated heterocycles. The minimum atomic E-state index is -1.18. The Morgan fingerprint density at radius 1 is 1.47 bits per heavy atom. The van der Waals surface area contributed by atoms with E-state index in [9.17, 15) is 19.2 Å². The van der Waals surface area contributed by atoms with Crippen LogP contribution in [0.15, 0.2) is 0 Å². The van der Waals surface area contributed by atoms with Gasteiger partial charge in [-0.2, -0.15) is 0 Å². The molecule has 1 rings (SSSR count). The lowest BCUT2D eigenvalue weighted by Gasteiger charge is -2.17. The molecule has 0 radical (unpaired) electrons. The van der Waals surface area contributed by atoms with Crippen LogP contribution in [0.1, 0.15) is 39.0 Å². The van der Waals surface area contributed by atoms with E-state index in [1.807, 2.05) is 0 Å². The first-order valence-corrected chi connectivity index (χ1v) is 6.28. The van der Waals surface area contributed by atoms with Gasteiger partial charge in [0.05, 0.1) is 0 Å². The molecule has 1 fully saturated rings. The molecule has 0 aromatic carbocycles. The first-order chi connectivity index (χ1) is 8.93. The van der Waals surface area contributed by atoms with Crippen molar-refractivity contribution in [3.63, 3.8) is 0 Å². The van der Waals surface area contributed by atoms with Crippen molar-refractivity contribution in [1.82, 2.24) is 10.6 Å². The Balaban J connectivity index is 2.48. The van der Waals surface area contributed by atoms with Gasteiger partial charge in [0.2, 0.25) is 11.8 Å². The lowest BCUT2D eigenvalue weighted by molar-refractivity contribution is -0.142. The van der Waals surface area contributed by atoms with Crippen LogP contribution in [0.4, 0.5) is 0 Å². The summed E-state index contributed by atoms with van der Waals surface area (Å²) < 4.78 is 0. The Morgan fingerprint density at radius 2 is 2.16 bits per heavy atom. The van der Waals surface area contributed by atoms with Crippen LogP contribution in [0.5, 0.6) is 0 Å². The van der Waals surface area contributed by atoms with Gasteiger partial charge in [-0.05, 0) is 12.8 Å². The molecule has 0 spiro atoms. The molecule has 0 aromatic rings. The molecule has 0 aromatic heterocycles. The number of Topliss-reactive ketones (excluding diaryl/α,β-unsaturated/α-hetero) is 1. The second kappa shape index (κ2) is 6.86. The molecule has 19 heavy (non-hydrogen) atoms. The van der Waals surface area contributed by atoms with Crippen molar-refractivity contribution in [3.05, 3.63) is 0 Å². The first kappa shape index (κ1) is 15.1. The lowest BCUT2D eigenvalue weighted by atomic mass is 10.1. The molecule has 7 nitrogen and oxygen atoms in total. The quantitative estimate of drug-likeness (QED) is 0.582. The molecule has 0 unspecified atom stereocenters. The Morgan fingerprint density at radius 3 is 2.63 bits per heavy atom. The average molecular weight is 270 g/mol. The Hall–Kier alpha value is -1.92. The Bertz CT molecular complexity index is 394. The summed E-state index contributed by atoms with van der Waals surface area (Å²) in [7, 11) is 0. The van der Waals surface area contributed by atoms with Gasteiger partial charge in [0.15, 0.2) is 0 Å². The monoisotopic (exact) mass is 270 g/mol. The summed E-state index contributed by atoms with van der Waals surface area (Å²) in [5.41, 5.74) is 0. The number of ketones is 1. The number of nitrogens with one attached hydrogen (secondary N) is 2. The highest BCUT2D eigenvalue weighted by Gasteiger charge is 2.30. The van der Waals surface area contributed by atoms with Crippen LogP contribution in [0, 0.1) is 0 Å². The molecule has 1 aliphatic rings. The fourth-order valence-electron chi connectivity index (χ4n) is 1.82. The molecular weight excluding hydrogens is 252 g/mol. The fourth-order valence-corrected chi connectivity index (χ4v) is 1.82. The second-order valence-electron chi connectivity index (χ2n) is 4.49. The summed E-state index contributed by atoms with van der Waals surface area (Å²) in [6, 6.07) is -1.77. The number of hydrogen-bond acceptors (Lipinski definition) is 4. The van der Waals surface area contributed by atoms with Crippen molar-refractivity contribution in [2.75, 3.05) is 0 Å². The summed E-state index contributed by atoms with van der Waals surface area (Å²) in [4.78, 5) is 44.9. The van der Waals surface area contributed by atoms with E-state index in [0.717, 1.165) is 0 Å². The lowest BCUT2D eigenvalue weighted by Crippen LogP contribution is -2.48. The van der Waals surface area contributed by atoms with Gasteiger partial charge in [-0.25, -0.2) is 4.79 Å². The number of aliphatic carboxylic acids is 1. The number of carbonyl (C=O) groups excluding carboxylic acids is 3. The van der Waals surface area contributed by atoms with Gasteiger partial charge < -0.3 is 15.7 Å². The molecule has 7 heteroatoms. The maximum absolute atomic E-state index is 11.7. The molecule has 0 aliphatic carbocycles. The minimum Gasteiger partial charge on any atom is -0.480 e. The van der Waals surface area contributed by atoms with E-state index < -0.39 is 24.0 Å². The Labute approximate surface area is 110 Å². The third kappa shape index (κ3) is 4.69. The zero-order valence-electron chi connectivity index (χ0n) is 10.8. The van der Waals surface area contributed by atoms with Gasteiger partial charge in [0, 0.05) is 19.3 Å². The molecule has 1 heterocycles. The van der Waals surface area contributed by atoms with Gasteiger partial charge in [0.1, 0.15) is 17.9 Å². The van der Waals surface area contributed by atoms with Crippen molar-refractivity contribution in [2.24, 2.45) is 0 Å². The van der Waals surface area contributed by atoms with Crippen LogP contribution in [0.2, 0.25) is 0 Å². The Kier molecular flexibility index (Phi) is 5.47. The zero-order valence-corrected chi connectivity index (χ0v) is 10.8. The van der Waals surface area contributed by atoms with E-state index in [0.29, 0.717) is 12.8 Å². The van der Waals surface area contributed by atoms with Crippen LogP contribution < -0.4 is 10.6 Å². The zero-order chi connectivity index (χ0) is 14.4. The third-order valence-electron chi connectivity index (χ3n) is 3.03. The molecule has 2 atom stereocenters. The van der Waals surface area contributed by atoms with Crippen molar-refractivity contribution in [2.45, 2.75) is 51.1 Å². The van der Waals surface area contributed by atoms with E-state index in [2.05, 4.69) is 10.6 Å². The third-order valence-corrected chi connectivity index (χ3v) is 3.03. The van der Waals surface area contributed by atoms with Crippen molar-refractivity contribution in [3.8, 4) is 0 Å². The van der Waals surface area contributed by atoms with Crippen molar-refractivity contribution < 1.29 is 24.3 Å². The number of amides is 2. The van der Waals surface area contributed by atoms with E-state index in [1.54, 1.807) is 6.92 Å². The van der Waals surface area contributed by atoms with Gasteiger partial charge >= 0.3 is 5.97 Å². The maximum Gasteiger partial charge on any atom is 0.326 e. The predicted octanol–water partition coefficient (Wildman–Crippen LogP) is -0.406. The number of hydrogen-bond donors (Lipinski definition) is 3. The summed E-state index contributed by atoms with van der Waals surface area (Å²) in [5.74, 6) is -1.95. The highest BCUT2D eigenvalue weighted by Crippen LogP contribution is 2.08. The van der Waals surface area contributed by atoms with Crippen LogP contribution in [0.3, 0.4) is 0 Å². The number of carboxylic acids is 1. The van der Waals surface area contributed by atoms with Crippen LogP contribution >= 0.6 is 0 Å². The molecule has 2 amide bonds. The van der Waals surface area contributed by atoms with Crippen molar-refractivity contribution >= 4 is 23.6 Å². The topological polar surface area (TPSA) is 113 Å². The summed E-state index contributed by atoms with van der Waals surface area (Å²) in [5, 5.41) is 13.8. The molecule has 0 bridgehead atoms. The number of rotatable bonds is 7. The van der Waals surface area contributed by atoms with E-state index in [-0.39, 0.29) is 31.0 Å². The van der Waals surface area contributed by atoms with Crippen LogP contribution in [-0.2, 0) is 19.2 Å². The summed E-state index contributed by atoms with van der Waals surface area (Å²) in [6.45, 7) is 1.70. The molecular formula is C12H18N2O5. The smallest absolute Gasteiger partial charge is 0.326 e. The second-order valence-corrected chi connectivity index (χ2v) is 4.49. The number of carboxylic acid groups (broad SMARTS) is 1. The molecule has 3 N–H and O–H groups in total. The van der Waals surface area contributed by atoms with Gasteiger partial charge in [-0.3, -0.25) is 14.4 Å². The van der Waals surface area contributed by atoms with Gasteiger partial charge in [-0.15, -0.1) is 0 Å². The van der Waals surface area contributed by atoms with E-state index >= 15 is 0 Å². The predicted molar refractivity (Wildman–Crippen MR) is 65.3 cm³/mol. The van der Waals surface area contributed by atoms with Crippen LogP contribution in [0.25, 0.3) is 0 Å². The summed E-state index contributed by atoms with van der Waals surface area (Å²) >= 11 is 0. The van der Waals surface area contributed by atoms with E-state index in [4.69, 9.17) is 5.11 Å². The first-order valence-electron chi connectivity index (χ1n) is 6.28. The highest BCUT2D eigenvalue weighted by atomic mass is 16.4. The molecule has 106 valence electrons. The standard InChI is InChI=1S/C12H18N2O5/c1-2-7(15)3-4-9(12(18)19)14-11(17)8-5-6-10(16)13-8/h8-9H,2-6H2,1H3,(H,13,16)(H,14,17)(H,18,19)/t8-,9-/m1/s1. The van der Waals surface area contributed by atoms with E-state index in [1.165, 1.54) is 0 Å². The minimum absolute atomic E-state index is 0.0466. The molecule has 1 aliphatic heterocycles. The molecule has 0 saturated carbocycles. The van der Waals surface area contributed by atoms with Crippen LogP contribution in [-0.4, -0.2) is 40.8 Å². The highest BCUT2D eigenvalue weighted by molar-refractivity contribution is 5.93. The SMILES string of the molecule is CCC(=O)CC[C@@H](NC(=O)[C@H]1CCC(=O)N1)C(=O)O. The fraction of sp³-hybridized carbons (Fsp3) is 0.667. The van der Waals surface area contributed by atoms with Crippen molar-refractivity contribution in [1.29, 1.82) is 0 Å². The maximum atomic E-state index is 11.7. The average Bonchev–Trinajstić information content (AvgIpc) is 2.80. The van der Waals surface area contributed by atoms with Gasteiger partial charge in [-0.1, -0.05) is 6.92 Å². The largest absolute Gasteiger partial charge is 0.480 e. The number of carbonyl (C=O) groups is 4.